The van der Waals surface area contributed by atoms with Crippen LogP contribution in [0.4, 0.5) is 0 Å². The first-order valence-electron chi connectivity index (χ1n) is 10.3. The number of piperidine rings is 1. The maximum absolute atomic E-state index is 9.12. The molecule has 3 aromatic rings. The summed E-state index contributed by atoms with van der Waals surface area (Å²) in [5, 5.41) is 19.4. The Hall–Kier alpha value is -1.84. The summed E-state index contributed by atoms with van der Waals surface area (Å²) >= 11 is 1.90. The summed E-state index contributed by atoms with van der Waals surface area (Å²) in [6, 6.07) is 20.8. The highest BCUT2D eigenvalue weighted by Crippen LogP contribution is 2.36. The van der Waals surface area contributed by atoms with Crippen LogP contribution < -0.4 is 0 Å². The Balaban J connectivity index is 1.27. The average Bonchev–Trinajstić information content (AvgIpc) is 3.19. The number of ether oxygens (including phenoxy) is 1. The average molecular weight is 429 g/mol. The van der Waals surface area contributed by atoms with E-state index in [0.29, 0.717) is 19.1 Å². The SMILES string of the molecule is ON(O)O[C@H](COCc1ccccc1)CN1CCC(c2cc3ccccc3s2)CC1. The van der Waals surface area contributed by atoms with Gasteiger partial charge in [-0.3, -0.25) is 10.4 Å². The van der Waals surface area contributed by atoms with Gasteiger partial charge in [0.05, 0.1) is 18.6 Å². The van der Waals surface area contributed by atoms with Crippen LogP contribution in [0, 0.1) is 0 Å². The largest absolute Gasteiger partial charge is 0.374 e. The summed E-state index contributed by atoms with van der Waals surface area (Å²) in [5.74, 6) is 0.583. The second-order valence-electron chi connectivity index (χ2n) is 7.74. The number of likely N-dealkylation sites (tertiary alicyclic amines) is 1. The number of fused-ring (bicyclic) bond motifs is 1. The van der Waals surface area contributed by atoms with Crippen molar-refractivity contribution >= 4 is 21.4 Å². The maximum Gasteiger partial charge on any atom is 0.120 e. The van der Waals surface area contributed by atoms with Crippen molar-refractivity contribution in [1.29, 1.82) is 0 Å². The molecule has 30 heavy (non-hydrogen) atoms. The zero-order valence-corrected chi connectivity index (χ0v) is 17.7. The molecular formula is C23H28N2O4S. The molecule has 1 atom stereocenters. The van der Waals surface area contributed by atoms with Crippen molar-refractivity contribution in [2.45, 2.75) is 31.5 Å². The fraction of sp³-hybridized carbons (Fsp3) is 0.391. The lowest BCUT2D eigenvalue weighted by molar-refractivity contribution is -0.506. The highest BCUT2D eigenvalue weighted by molar-refractivity contribution is 7.19. The monoisotopic (exact) mass is 428 g/mol. The molecule has 1 saturated heterocycles. The lowest BCUT2D eigenvalue weighted by atomic mass is 9.95. The van der Waals surface area contributed by atoms with E-state index >= 15 is 0 Å². The second-order valence-corrected chi connectivity index (χ2v) is 8.86. The zero-order valence-electron chi connectivity index (χ0n) is 16.9. The molecular weight excluding hydrogens is 400 g/mol. The number of rotatable bonds is 9. The molecule has 1 fully saturated rings. The van der Waals surface area contributed by atoms with E-state index in [1.807, 2.05) is 41.7 Å². The van der Waals surface area contributed by atoms with Crippen LogP contribution in [0.5, 0.6) is 0 Å². The number of hydrogen-bond acceptors (Lipinski definition) is 7. The van der Waals surface area contributed by atoms with Gasteiger partial charge in [0.25, 0.3) is 0 Å². The topological polar surface area (TPSA) is 65.4 Å². The van der Waals surface area contributed by atoms with E-state index in [1.54, 1.807) is 0 Å². The van der Waals surface area contributed by atoms with Gasteiger partial charge >= 0.3 is 0 Å². The first-order chi connectivity index (χ1) is 14.7. The van der Waals surface area contributed by atoms with E-state index in [-0.39, 0.29) is 12.0 Å². The molecule has 0 unspecified atom stereocenters. The summed E-state index contributed by atoms with van der Waals surface area (Å²) in [6.07, 6.45) is 1.73. The van der Waals surface area contributed by atoms with Crippen LogP contribution >= 0.6 is 11.3 Å². The van der Waals surface area contributed by atoms with Gasteiger partial charge in [-0.15, -0.1) is 11.3 Å². The van der Waals surface area contributed by atoms with Crippen molar-refractivity contribution < 1.29 is 20.0 Å². The van der Waals surface area contributed by atoms with Gasteiger partial charge in [0.2, 0.25) is 0 Å². The Kier molecular flexibility index (Phi) is 7.46. The predicted molar refractivity (Wildman–Crippen MR) is 117 cm³/mol. The number of thiophene rings is 1. The van der Waals surface area contributed by atoms with Gasteiger partial charge < -0.3 is 9.64 Å². The maximum atomic E-state index is 9.12. The molecule has 160 valence electrons. The van der Waals surface area contributed by atoms with Crippen LogP contribution in [0.3, 0.4) is 0 Å². The van der Waals surface area contributed by atoms with Crippen molar-refractivity contribution in [2.24, 2.45) is 0 Å². The van der Waals surface area contributed by atoms with E-state index in [9.17, 15) is 0 Å². The van der Waals surface area contributed by atoms with Crippen LogP contribution in [0.25, 0.3) is 10.1 Å². The quantitative estimate of drug-likeness (QED) is 0.483. The van der Waals surface area contributed by atoms with Crippen LogP contribution in [-0.2, 0) is 16.2 Å². The van der Waals surface area contributed by atoms with Crippen LogP contribution in [-0.4, -0.2) is 53.0 Å². The van der Waals surface area contributed by atoms with Crippen molar-refractivity contribution in [2.75, 3.05) is 26.2 Å². The zero-order chi connectivity index (χ0) is 20.8. The van der Waals surface area contributed by atoms with Gasteiger partial charge in [-0.1, -0.05) is 48.5 Å². The molecule has 0 amide bonds. The predicted octanol–water partition coefficient (Wildman–Crippen LogP) is 4.68. The van der Waals surface area contributed by atoms with Gasteiger partial charge in [-0.05, 0) is 54.9 Å². The second kappa shape index (κ2) is 10.5. The van der Waals surface area contributed by atoms with Gasteiger partial charge in [-0.2, -0.15) is 0 Å². The van der Waals surface area contributed by atoms with E-state index in [4.69, 9.17) is 20.0 Å². The summed E-state index contributed by atoms with van der Waals surface area (Å²) in [4.78, 5) is 8.90. The molecule has 2 N–H and O–H groups in total. The van der Waals surface area contributed by atoms with Crippen LogP contribution in [0.2, 0.25) is 0 Å². The molecule has 2 heterocycles. The fourth-order valence-corrected chi connectivity index (χ4v) is 5.26. The standard InChI is InChI=1S/C23H28N2O4S/c26-25(27)29-21(17-28-16-18-6-2-1-3-7-18)15-24-12-10-19(11-13-24)23-14-20-8-4-5-9-22(20)30-23/h1-9,14,19,21,26-27H,10-13,15-17H2/t21-/m0/s1. The molecule has 1 aromatic heterocycles. The van der Waals surface area contributed by atoms with Gasteiger partial charge in [0.1, 0.15) is 6.10 Å². The molecule has 1 aliphatic rings. The highest BCUT2D eigenvalue weighted by atomic mass is 32.1. The van der Waals surface area contributed by atoms with Crippen molar-refractivity contribution in [1.82, 2.24) is 10.3 Å². The van der Waals surface area contributed by atoms with Gasteiger partial charge in [0, 0.05) is 16.1 Å². The summed E-state index contributed by atoms with van der Waals surface area (Å²) < 4.78 is 7.10. The van der Waals surface area contributed by atoms with E-state index in [0.717, 1.165) is 31.5 Å². The molecule has 0 aliphatic carbocycles. The normalized spacial score (nSPS) is 17.0. The molecule has 6 nitrogen and oxygen atoms in total. The highest BCUT2D eigenvalue weighted by Gasteiger charge is 2.25. The minimum atomic E-state index is -0.454. The molecule has 0 bridgehead atoms. The first-order valence-corrected chi connectivity index (χ1v) is 11.2. The molecule has 0 radical (unpaired) electrons. The first kappa shape index (κ1) is 21.4. The third kappa shape index (κ3) is 5.86. The van der Waals surface area contributed by atoms with E-state index < -0.39 is 6.10 Å². The summed E-state index contributed by atoms with van der Waals surface area (Å²) in [7, 11) is 0. The number of nitrogens with zero attached hydrogens (tertiary/aromatic N) is 2. The molecule has 0 saturated carbocycles. The third-order valence-electron chi connectivity index (χ3n) is 5.56. The van der Waals surface area contributed by atoms with Crippen molar-refractivity contribution in [3.05, 3.63) is 71.1 Å². The Bertz CT molecular complexity index is 877. The fourth-order valence-electron chi connectivity index (χ4n) is 4.02. The minimum absolute atomic E-state index is 0.208. The van der Waals surface area contributed by atoms with Crippen LogP contribution in [0.15, 0.2) is 60.7 Å². The lowest BCUT2D eigenvalue weighted by Gasteiger charge is -2.33. The van der Waals surface area contributed by atoms with E-state index in [1.165, 1.54) is 15.0 Å². The molecule has 0 spiro atoms. The summed E-state index contributed by atoms with van der Waals surface area (Å²) in [6.45, 7) is 3.24. The van der Waals surface area contributed by atoms with Crippen LogP contribution in [0.1, 0.15) is 29.2 Å². The van der Waals surface area contributed by atoms with Crippen molar-refractivity contribution in [3.63, 3.8) is 0 Å². The molecule has 4 rings (SSSR count). The molecule has 7 heteroatoms. The van der Waals surface area contributed by atoms with Crippen molar-refractivity contribution in [3.8, 4) is 0 Å². The number of benzene rings is 2. The smallest absolute Gasteiger partial charge is 0.120 e. The van der Waals surface area contributed by atoms with E-state index in [2.05, 4.69) is 35.2 Å². The Morgan fingerprint density at radius 2 is 1.77 bits per heavy atom. The lowest BCUT2D eigenvalue weighted by Crippen LogP contribution is -2.42. The Morgan fingerprint density at radius 3 is 2.50 bits per heavy atom. The summed E-state index contributed by atoms with van der Waals surface area (Å²) in [5.41, 5.74) is 1.07. The molecule has 2 aromatic carbocycles. The Labute approximate surface area is 180 Å². The Morgan fingerprint density at radius 1 is 1.03 bits per heavy atom. The van der Waals surface area contributed by atoms with Gasteiger partial charge in [0.15, 0.2) is 0 Å². The number of hydrogen-bond donors (Lipinski definition) is 2. The molecule has 1 aliphatic heterocycles. The van der Waals surface area contributed by atoms with Gasteiger partial charge in [-0.25, -0.2) is 4.84 Å². The third-order valence-corrected chi connectivity index (χ3v) is 6.83. The minimum Gasteiger partial charge on any atom is -0.374 e.